The fraction of sp³-hybridized carbons (Fsp3) is 0.444. The van der Waals surface area contributed by atoms with E-state index in [9.17, 15) is 0 Å². The van der Waals surface area contributed by atoms with Crippen LogP contribution in [0.4, 0.5) is 5.69 Å². The van der Waals surface area contributed by atoms with Crippen molar-refractivity contribution in [1.29, 1.82) is 0 Å². The molecule has 1 heterocycles. The van der Waals surface area contributed by atoms with Gasteiger partial charge in [-0.05, 0) is 44.9 Å². The summed E-state index contributed by atoms with van der Waals surface area (Å²) in [6, 6.07) is 11.5. The average molecular weight is 284 g/mol. The second-order valence-electron chi connectivity index (χ2n) is 5.87. The van der Waals surface area contributed by atoms with Crippen LogP contribution in [-0.2, 0) is 13.1 Å². The molecule has 1 N–H and O–H groups in total. The molecule has 1 saturated carbocycles. The highest BCUT2D eigenvalue weighted by Crippen LogP contribution is 2.22. The van der Waals surface area contributed by atoms with Crippen molar-refractivity contribution in [3.05, 3.63) is 53.5 Å². The minimum Gasteiger partial charge on any atom is -0.468 e. The van der Waals surface area contributed by atoms with Crippen LogP contribution in [0.1, 0.15) is 36.7 Å². The first-order chi connectivity index (χ1) is 10.3. The molecule has 3 rings (SSSR count). The molecule has 0 atom stereocenters. The van der Waals surface area contributed by atoms with Crippen LogP contribution in [0.25, 0.3) is 0 Å². The van der Waals surface area contributed by atoms with Gasteiger partial charge in [-0.2, -0.15) is 0 Å². The van der Waals surface area contributed by atoms with Crippen molar-refractivity contribution in [2.75, 3.05) is 11.4 Å². The molecule has 0 spiro atoms. The summed E-state index contributed by atoms with van der Waals surface area (Å²) in [5, 5.41) is 3.53. The first kappa shape index (κ1) is 14.2. The van der Waals surface area contributed by atoms with Crippen LogP contribution in [-0.4, -0.2) is 12.6 Å². The summed E-state index contributed by atoms with van der Waals surface area (Å²) in [5.74, 6) is 1.08. The van der Waals surface area contributed by atoms with E-state index in [2.05, 4.69) is 54.4 Å². The Morgan fingerprint density at radius 2 is 1.95 bits per heavy atom. The first-order valence-electron chi connectivity index (χ1n) is 7.86. The zero-order valence-corrected chi connectivity index (χ0v) is 12.9. The molecule has 21 heavy (non-hydrogen) atoms. The summed E-state index contributed by atoms with van der Waals surface area (Å²) in [6.07, 6.45) is 4.42. The van der Waals surface area contributed by atoms with Gasteiger partial charge in [0, 0.05) is 30.4 Å². The van der Waals surface area contributed by atoms with Crippen molar-refractivity contribution in [1.82, 2.24) is 5.32 Å². The van der Waals surface area contributed by atoms with Gasteiger partial charge in [0.15, 0.2) is 0 Å². The van der Waals surface area contributed by atoms with E-state index in [-0.39, 0.29) is 0 Å². The van der Waals surface area contributed by atoms with Crippen LogP contribution in [0.15, 0.2) is 41.0 Å². The minimum atomic E-state index is 0.710. The lowest BCUT2D eigenvalue weighted by atomic mass is 10.2. The molecular formula is C18H24N2O. The van der Waals surface area contributed by atoms with Gasteiger partial charge in [-0.1, -0.05) is 17.7 Å². The molecule has 0 bridgehead atoms. The van der Waals surface area contributed by atoms with Crippen LogP contribution >= 0.6 is 0 Å². The van der Waals surface area contributed by atoms with Gasteiger partial charge in [0.25, 0.3) is 0 Å². The zero-order valence-electron chi connectivity index (χ0n) is 12.9. The zero-order chi connectivity index (χ0) is 14.7. The Labute approximate surface area is 127 Å². The topological polar surface area (TPSA) is 28.4 Å². The highest BCUT2D eigenvalue weighted by atomic mass is 16.3. The molecule has 0 saturated heterocycles. The third-order valence-corrected chi connectivity index (χ3v) is 4.11. The predicted molar refractivity (Wildman–Crippen MR) is 86.5 cm³/mol. The standard InChI is InChI=1S/C18H24N2O/c1-3-20(17-8-4-14(2)5-9-17)13-15-10-11-21-18(15)12-19-16-6-7-16/h4-5,8-11,16,19H,3,6-7,12-13H2,1-2H3. The molecule has 1 aromatic heterocycles. The maximum absolute atomic E-state index is 5.65. The number of rotatable bonds is 7. The lowest BCUT2D eigenvalue weighted by Crippen LogP contribution is -2.23. The van der Waals surface area contributed by atoms with Crippen LogP contribution < -0.4 is 10.2 Å². The van der Waals surface area contributed by atoms with Crippen molar-refractivity contribution >= 4 is 5.69 Å². The Morgan fingerprint density at radius 1 is 1.19 bits per heavy atom. The molecule has 1 aliphatic carbocycles. The van der Waals surface area contributed by atoms with Crippen molar-refractivity contribution in [2.45, 2.75) is 45.8 Å². The van der Waals surface area contributed by atoms with Crippen molar-refractivity contribution in [2.24, 2.45) is 0 Å². The Morgan fingerprint density at radius 3 is 2.62 bits per heavy atom. The second-order valence-corrected chi connectivity index (χ2v) is 5.87. The molecule has 0 amide bonds. The number of furan rings is 1. The maximum Gasteiger partial charge on any atom is 0.122 e. The molecule has 3 nitrogen and oxygen atoms in total. The molecule has 1 fully saturated rings. The van der Waals surface area contributed by atoms with Crippen molar-refractivity contribution in [3.63, 3.8) is 0 Å². The van der Waals surface area contributed by atoms with E-state index in [4.69, 9.17) is 4.42 Å². The van der Waals surface area contributed by atoms with Gasteiger partial charge in [-0.15, -0.1) is 0 Å². The van der Waals surface area contributed by atoms with Gasteiger partial charge in [0.05, 0.1) is 12.8 Å². The predicted octanol–water partition coefficient (Wildman–Crippen LogP) is 3.87. The molecule has 112 valence electrons. The fourth-order valence-electron chi connectivity index (χ4n) is 2.53. The Hall–Kier alpha value is -1.74. The van der Waals surface area contributed by atoms with Crippen molar-refractivity contribution < 1.29 is 4.42 Å². The highest BCUT2D eigenvalue weighted by molar-refractivity contribution is 5.48. The van der Waals surface area contributed by atoms with Gasteiger partial charge in [0.1, 0.15) is 5.76 Å². The summed E-state index contributed by atoms with van der Waals surface area (Å²) < 4.78 is 5.65. The number of nitrogens with zero attached hydrogens (tertiary/aromatic N) is 1. The molecular weight excluding hydrogens is 260 g/mol. The van der Waals surface area contributed by atoms with E-state index >= 15 is 0 Å². The molecule has 1 aromatic carbocycles. The Kier molecular flexibility index (Phi) is 4.30. The van der Waals surface area contributed by atoms with Gasteiger partial charge in [0.2, 0.25) is 0 Å². The molecule has 2 aromatic rings. The SMILES string of the molecule is CCN(Cc1ccoc1CNC1CC1)c1ccc(C)cc1. The van der Waals surface area contributed by atoms with Gasteiger partial charge >= 0.3 is 0 Å². The van der Waals surface area contributed by atoms with E-state index in [1.165, 1.54) is 29.7 Å². The third kappa shape index (κ3) is 3.67. The maximum atomic E-state index is 5.65. The summed E-state index contributed by atoms with van der Waals surface area (Å²) in [7, 11) is 0. The summed E-state index contributed by atoms with van der Waals surface area (Å²) in [5.41, 5.74) is 3.85. The van der Waals surface area contributed by atoms with Crippen molar-refractivity contribution in [3.8, 4) is 0 Å². The van der Waals surface area contributed by atoms with E-state index in [1.807, 2.05) is 6.26 Å². The second kappa shape index (κ2) is 6.35. The van der Waals surface area contributed by atoms with Gasteiger partial charge < -0.3 is 14.6 Å². The summed E-state index contributed by atoms with van der Waals surface area (Å²) in [6.45, 7) is 7.06. The molecule has 0 radical (unpaired) electrons. The number of aryl methyl sites for hydroxylation is 1. The molecule has 0 unspecified atom stereocenters. The van der Waals surface area contributed by atoms with E-state index in [0.29, 0.717) is 6.04 Å². The van der Waals surface area contributed by atoms with Crippen LogP contribution in [0.5, 0.6) is 0 Å². The molecule has 0 aliphatic heterocycles. The number of nitrogens with one attached hydrogen (secondary N) is 1. The number of benzene rings is 1. The Balaban J connectivity index is 1.68. The van der Waals surface area contributed by atoms with Crippen LogP contribution in [0, 0.1) is 6.92 Å². The van der Waals surface area contributed by atoms with Crippen LogP contribution in [0.2, 0.25) is 0 Å². The minimum absolute atomic E-state index is 0.710. The Bertz CT molecular complexity index is 569. The quantitative estimate of drug-likeness (QED) is 0.836. The largest absolute Gasteiger partial charge is 0.468 e. The highest BCUT2D eigenvalue weighted by Gasteiger charge is 2.21. The normalized spacial score (nSPS) is 14.4. The van der Waals surface area contributed by atoms with Gasteiger partial charge in [-0.25, -0.2) is 0 Å². The lowest BCUT2D eigenvalue weighted by molar-refractivity contribution is 0.477. The smallest absolute Gasteiger partial charge is 0.122 e. The fourth-order valence-corrected chi connectivity index (χ4v) is 2.53. The molecule has 1 aliphatic rings. The monoisotopic (exact) mass is 284 g/mol. The number of hydrogen-bond donors (Lipinski definition) is 1. The summed E-state index contributed by atoms with van der Waals surface area (Å²) >= 11 is 0. The van der Waals surface area contributed by atoms with E-state index in [1.54, 1.807) is 0 Å². The number of hydrogen-bond acceptors (Lipinski definition) is 3. The van der Waals surface area contributed by atoms with Gasteiger partial charge in [-0.3, -0.25) is 0 Å². The summed E-state index contributed by atoms with van der Waals surface area (Å²) in [4.78, 5) is 2.38. The average Bonchev–Trinajstić information content (AvgIpc) is 3.23. The first-order valence-corrected chi connectivity index (χ1v) is 7.86. The molecule has 3 heteroatoms. The van der Waals surface area contributed by atoms with Crippen LogP contribution in [0.3, 0.4) is 0 Å². The lowest BCUT2D eigenvalue weighted by Gasteiger charge is -2.23. The van der Waals surface area contributed by atoms with E-state index in [0.717, 1.165) is 25.4 Å². The third-order valence-electron chi connectivity index (χ3n) is 4.11. The number of anilines is 1. The van der Waals surface area contributed by atoms with E-state index < -0.39 is 0 Å².